The molecule has 0 aromatic carbocycles. The van der Waals surface area contributed by atoms with Crippen molar-refractivity contribution in [3.63, 3.8) is 0 Å². The maximum atomic E-state index is 5.94. The van der Waals surface area contributed by atoms with E-state index in [0.717, 1.165) is 12.3 Å². The molecular formula is C18H34O4. The normalized spacial score (nSPS) is 20.9. The molecule has 1 unspecified atom stereocenters. The fraction of sp³-hybridized carbons (Fsp3) is 0.889. The Morgan fingerprint density at radius 1 is 1.05 bits per heavy atom. The van der Waals surface area contributed by atoms with Crippen molar-refractivity contribution >= 4 is 0 Å². The lowest BCUT2D eigenvalue weighted by molar-refractivity contribution is -0.0209. The van der Waals surface area contributed by atoms with E-state index in [1.165, 1.54) is 25.7 Å². The molecule has 1 rings (SSSR count). The van der Waals surface area contributed by atoms with Crippen LogP contribution in [0.3, 0.4) is 0 Å². The summed E-state index contributed by atoms with van der Waals surface area (Å²) < 4.78 is 21.7. The van der Waals surface area contributed by atoms with Gasteiger partial charge in [0.25, 0.3) is 0 Å². The van der Waals surface area contributed by atoms with Crippen molar-refractivity contribution in [1.82, 2.24) is 0 Å². The van der Waals surface area contributed by atoms with E-state index in [1.54, 1.807) is 12.7 Å². The summed E-state index contributed by atoms with van der Waals surface area (Å²) in [5, 5.41) is 0. The van der Waals surface area contributed by atoms with Gasteiger partial charge in [0.05, 0.1) is 45.7 Å². The van der Waals surface area contributed by atoms with E-state index in [4.69, 9.17) is 18.9 Å². The molecule has 22 heavy (non-hydrogen) atoms. The van der Waals surface area contributed by atoms with Crippen molar-refractivity contribution < 1.29 is 18.9 Å². The SMILES string of the molecule is COCCOCCOCCOC1CCC/C(=C\CC(C)C)C1. The van der Waals surface area contributed by atoms with Gasteiger partial charge in [-0.25, -0.2) is 0 Å². The van der Waals surface area contributed by atoms with Crippen LogP contribution in [0.5, 0.6) is 0 Å². The zero-order chi connectivity index (χ0) is 16.0. The predicted octanol–water partition coefficient (Wildman–Crippen LogP) is 3.60. The van der Waals surface area contributed by atoms with E-state index >= 15 is 0 Å². The van der Waals surface area contributed by atoms with Gasteiger partial charge in [-0.05, 0) is 38.0 Å². The highest BCUT2D eigenvalue weighted by molar-refractivity contribution is 5.06. The van der Waals surface area contributed by atoms with Crippen LogP contribution in [-0.2, 0) is 18.9 Å². The Morgan fingerprint density at radius 2 is 1.73 bits per heavy atom. The van der Waals surface area contributed by atoms with Gasteiger partial charge < -0.3 is 18.9 Å². The van der Waals surface area contributed by atoms with E-state index in [1.807, 2.05) is 0 Å². The second-order valence-corrected chi connectivity index (χ2v) is 6.30. The largest absolute Gasteiger partial charge is 0.382 e. The molecule has 1 saturated carbocycles. The van der Waals surface area contributed by atoms with Crippen LogP contribution in [0.1, 0.15) is 46.0 Å². The summed E-state index contributed by atoms with van der Waals surface area (Å²) in [5.41, 5.74) is 1.58. The molecule has 0 amide bonds. The smallest absolute Gasteiger partial charge is 0.0704 e. The molecule has 0 aromatic heterocycles. The van der Waals surface area contributed by atoms with Crippen LogP contribution in [-0.4, -0.2) is 52.9 Å². The third kappa shape index (κ3) is 10.3. The van der Waals surface area contributed by atoms with Gasteiger partial charge in [0.1, 0.15) is 0 Å². The maximum Gasteiger partial charge on any atom is 0.0704 e. The van der Waals surface area contributed by atoms with Crippen LogP contribution in [0, 0.1) is 5.92 Å². The van der Waals surface area contributed by atoms with Crippen molar-refractivity contribution in [2.45, 2.75) is 52.1 Å². The molecule has 130 valence electrons. The molecule has 0 radical (unpaired) electrons. The van der Waals surface area contributed by atoms with Crippen molar-refractivity contribution in [1.29, 1.82) is 0 Å². The summed E-state index contributed by atoms with van der Waals surface area (Å²) in [6.45, 7) is 8.37. The minimum absolute atomic E-state index is 0.383. The predicted molar refractivity (Wildman–Crippen MR) is 89.3 cm³/mol. The Morgan fingerprint density at radius 3 is 2.41 bits per heavy atom. The second-order valence-electron chi connectivity index (χ2n) is 6.30. The lowest BCUT2D eigenvalue weighted by Crippen LogP contribution is -2.21. The Labute approximate surface area is 136 Å². The third-order valence-electron chi connectivity index (χ3n) is 3.78. The third-order valence-corrected chi connectivity index (χ3v) is 3.78. The first-order valence-corrected chi connectivity index (χ1v) is 8.66. The van der Waals surface area contributed by atoms with Crippen molar-refractivity contribution in [2.75, 3.05) is 46.8 Å². The average molecular weight is 314 g/mol. The summed E-state index contributed by atoms with van der Waals surface area (Å²) in [4.78, 5) is 0. The minimum atomic E-state index is 0.383. The highest BCUT2D eigenvalue weighted by Gasteiger charge is 2.17. The fourth-order valence-corrected chi connectivity index (χ4v) is 2.52. The van der Waals surface area contributed by atoms with Crippen LogP contribution >= 0.6 is 0 Å². The number of allylic oxidation sites excluding steroid dienone is 1. The zero-order valence-corrected chi connectivity index (χ0v) is 14.6. The number of hydrogen-bond donors (Lipinski definition) is 0. The van der Waals surface area contributed by atoms with Gasteiger partial charge in [0.2, 0.25) is 0 Å². The summed E-state index contributed by atoms with van der Waals surface area (Å²) in [5.74, 6) is 0.744. The van der Waals surface area contributed by atoms with E-state index in [0.29, 0.717) is 45.7 Å². The molecule has 0 N–H and O–H groups in total. The van der Waals surface area contributed by atoms with Crippen LogP contribution in [0.15, 0.2) is 11.6 Å². The zero-order valence-electron chi connectivity index (χ0n) is 14.6. The van der Waals surface area contributed by atoms with Gasteiger partial charge >= 0.3 is 0 Å². The molecule has 0 spiro atoms. The Kier molecular flexibility index (Phi) is 11.6. The molecule has 0 heterocycles. The summed E-state index contributed by atoms with van der Waals surface area (Å²) in [6.07, 6.45) is 8.78. The quantitative estimate of drug-likeness (QED) is 0.407. The van der Waals surface area contributed by atoms with Gasteiger partial charge in [-0.15, -0.1) is 0 Å². The minimum Gasteiger partial charge on any atom is -0.382 e. The molecule has 0 bridgehead atoms. The molecule has 1 fully saturated rings. The van der Waals surface area contributed by atoms with Gasteiger partial charge in [0.15, 0.2) is 0 Å². The standard InChI is InChI=1S/C18H34O4/c1-16(2)7-8-17-5-4-6-18(15-17)22-14-13-21-12-11-20-10-9-19-3/h8,16,18H,4-7,9-15H2,1-3H3/b17-8+. The lowest BCUT2D eigenvalue weighted by Gasteiger charge is -2.25. The molecule has 0 saturated heterocycles. The molecule has 0 aliphatic heterocycles. The Balaban J connectivity index is 1.99. The lowest BCUT2D eigenvalue weighted by atomic mass is 9.91. The average Bonchev–Trinajstić information content (AvgIpc) is 2.52. The first-order valence-electron chi connectivity index (χ1n) is 8.66. The molecule has 0 aromatic rings. The topological polar surface area (TPSA) is 36.9 Å². The summed E-state index contributed by atoms with van der Waals surface area (Å²) >= 11 is 0. The maximum absolute atomic E-state index is 5.94. The first-order chi connectivity index (χ1) is 10.7. The van der Waals surface area contributed by atoms with E-state index in [-0.39, 0.29) is 0 Å². The molecule has 1 aliphatic carbocycles. The molecule has 1 atom stereocenters. The van der Waals surface area contributed by atoms with Crippen molar-refractivity contribution in [2.24, 2.45) is 5.92 Å². The van der Waals surface area contributed by atoms with Crippen LogP contribution in [0.25, 0.3) is 0 Å². The highest BCUT2D eigenvalue weighted by atomic mass is 16.6. The van der Waals surface area contributed by atoms with E-state index < -0.39 is 0 Å². The number of hydrogen-bond acceptors (Lipinski definition) is 4. The molecular weight excluding hydrogens is 280 g/mol. The summed E-state index contributed by atoms with van der Waals surface area (Å²) in [6, 6.07) is 0. The van der Waals surface area contributed by atoms with Crippen LogP contribution in [0.2, 0.25) is 0 Å². The van der Waals surface area contributed by atoms with E-state index in [2.05, 4.69) is 19.9 Å². The molecule has 1 aliphatic rings. The number of methoxy groups -OCH3 is 1. The van der Waals surface area contributed by atoms with Crippen LogP contribution < -0.4 is 0 Å². The van der Waals surface area contributed by atoms with E-state index in [9.17, 15) is 0 Å². The highest BCUT2D eigenvalue weighted by Crippen LogP contribution is 2.26. The molecule has 4 heteroatoms. The Hall–Kier alpha value is -0.420. The molecule has 4 nitrogen and oxygen atoms in total. The van der Waals surface area contributed by atoms with Crippen molar-refractivity contribution in [3.05, 3.63) is 11.6 Å². The van der Waals surface area contributed by atoms with Gasteiger partial charge in [-0.1, -0.05) is 25.5 Å². The monoisotopic (exact) mass is 314 g/mol. The number of ether oxygens (including phenoxy) is 4. The summed E-state index contributed by atoms with van der Waals surface area (Å²) in [7, 11) is 1.67. The van der Waals surface area contributed by atoms with Gasteiger partial charge in [0, 0.05) is 7.11 Å². The fourth-order valence-electron chi connectivity index (χ4n) is 2.52. The van der Waals surface area contributed by atoms with Crippen LogP contribution in [0.4, 0.5) is 0 Å². The van der Waals surface area contributed by atoms with Crippen molar-refractivity contribution in [3.8, 4) is 0 Å². The van der Waals surface area contributed by atoms with Gasteiger partial charge in [-0.2, -0.15) is 0 Å². The van der Waals surface area contributed by atoms with Gasteiger partial charge in [-0.3, -0.25) is 0 Å². The number of rotatable bonds is 12. The Bertz CT molecular complexity index is 289. The second kappa shape index (κ2) is 13.1. The first kappa shape index (κ1) is 19.6.